The normalized spacial score (nSPS) is 12.2. The maximum atomic E-state index is 13.9. The molecule has 0 bridgehead atoms. The second kappa shape index (κ2) is 9.43. The number of halogens is 2. The molecule has 0 aliphatic heterocycles. The highest BCUT2D eigenvalue weighted by atomic mass is 19.1. The third-order valence-corrected chi connectivity index (χ3v) is 4.40. The molecular formula is C22H23F2N3O2. The average molecular weight is 399 g/mol. The van der Waals surface area contributed by atoms with Gasteiger partial charge in [0.2, 0.25) is 5.91 Å². The molecule has 3 aromatic rings. The lowest BCUT2D eigenvalue weighted by atomic mass is 10.1. The molecule has 0 spiro atoms. The fourth-order valence-electron chi connectivity index (χ4n) is 3.01. The van der Waals surface area contributed by atoms with Crippen LogP contribution in [0.5, 0.6) is 0 Å². The first-order valence-electron chi connectivity index (χ1n) is 9.31. The number of nitrogens with zero attached hydrogens (tertiary/aromatic N) is 2. The number of hydrogen-bond acceptors (Lipinski definition) is 4. The molecule has 0 aliphatic carbocycles. The lowest BCUT2D eigenvalue weighted by molar-refractivity contribution is -0.122. The Hall–Kier alpha value is -3.06. The van der Waals surface area contributed by atoms with Crippen molar-refractivity contribution in [3.05, 3.63) is 77.8 Å². The molecule has 0 aliphatic rings. The molecular weight excluding hydrogens is 376 g/mol. The van der Waals surface area contributed by atoms with E-state index in [1.165, 1.54) is 12.3 Å². The van der Waals surface area contributed by atoms with Crippen molar-refractivity contribution < 1.29 is 18.0 Å². The van der Waals surface area contributed by atoms with Gasteiger partial charge in [0.25, 0.3) is 0 Å². The summed E-state index contributed by atoms with van der Waals surface area (Å²) in [4.78, 5) is 18.6. The molecule has 1 atom stereocenters. The third kappa shape index (κ3) is 5.71. The first-order chi connectivity index (χ1) is 13.9. The van der Waals surface area contributed by atoms with Crippen LogP contribution >= 0.6 is 0 Å². The van der Waals surface area contributed by atoms with Crippen LogP contribution < -0.4 is 5.32 Å². The van der Waals surface area contributed by atoms with E-state index < -0.39 is 11.6 Å². The smallest absolute Gasteiger partial charge is 0.221 e. The lowest BCUT2D eigenvalue weighted by Crippen LogP contribution is -2.35. The largest absolute Gasteiger partial charge is 0.441 e. The molecule has 0 saturated heterocycles. The average Bonchev–Trinajstić information content (AvgIpc) is 3.15. The predicted molar refractivity (Wildman–Crippen MR) is 106 cm³/mol. The van der Waals surface area contributed by atoms with E-state index in [0.717, 1.165) is 17.7 Å². The van der Waals surface area contributed by atoms with E-state index in [-0.39, 0.29) is 36.1 Å². The molecule has 1 amide bonds. The van der Waals surface area contributed by atoms with Gasteiger partial charge in [-0.2, -0.15) is 0 Å². The maximum absolute atomic E-state index is 13.9. The van der Waals surface area contributed by atoms with E-state index >= 15 is 0 Å². The van der Waals surface area contributed by atoms with Gasteiger partial charge >= 0.3 is 0 Å². The van der Waals surface area contributed by atoms with Crippen molar-refractivity contribution in [3.63, 3.8) is 0 Å². The number of aryl methyl sites for hydroxylation is 1. The third-order valence-electron chi connectivity index (χ3n) is 4.40. The van der Waals surface area contributed by atoms with Crippen LogP contribution in [0.4, 0.5) is 8.78 Å². The van der Waals surface area contributed by atoms with Crippen LogP contribution in [0.1, 0.15) is 23.9 Å². The number of amides is 1. The van der Waals surface area contributed by atoms with E-state index in [1.54, 1.807) is 0 Å². The zero-order valence-electron chi connectivity index (χ0n) is 16.4. The van der Waals surface area contributed by atoms with Crippen molar-refractivity contribution in [3.8, 4) is 11.3 Å². The van der Waals surface area contributed by atoms with Crippen LogP contribution in [0.25, 0.3) is 11.3 Å². The van der Waals surface area contributed by atoms with Gasteiger partial charge < -0.3 is 14.6 Å². The highest BCUT2D eigenvalue weighted by Crippen LogP contribution is 2.24. The summed E-state index contributed by atoms with van der Waals surface area (Å²) < 4.78 is 32.5. The number of likely N-dealkylation sites (N-methyl/N-ethyl adjacent to an activating group) is 1. The molecule has 29 heavy (non-hydrogen) atoms. The molecule has 7 heteroatoms. The second-order valence-electron chi connectivity index (χ2n) is 7.04. The van der Waals surface area contributed by atoms with Gasteiger partial charge in [0, 0.05) is 25.5 Å². The fourth-order valence-corrected chi connectivity index (χ4v) is 3.01. The lowest BCUT2D eigenvalue weighted by Gasteiger charge is -2.22. The second-order valence-corrected chi connectivity index (χ2v) is 7.04. The summed E-state index contributed by atoms with van der Waals surface area (Å²) in [5.74, 6) is -0.989. The minimum absolute atomic E-state index is 0.129. The molecule has 0 radical (unpaired) electrons. The van der Waals surface area contributed by atoms with E-state index in [0.29, 0.717) is 12.4 Å². The molecule has 1 heterocycles. The molecule has 1 N–H and O–H groups in total. The van der Waals surface area contributed by atoms with Gasteiger partial charge in [-0.15, -0.1) is 0 Å². The van der Waals surface area contributed by atoms with Crippen molar-refractivity contribution in [1.29, 1.82) is 0 Å². The van der Waals surface area contributed by atoms with Crippen molar-refractivity contribution in [1.82, 2.24) is 15.2 Å². The monoisotopic (exact) mass is 399 g/mol. The molecule has 0 saturated carbocycles. The number of nitrogens with one attached hydrogen (secondary N) is 1. The number of hydrogen-bond donors (Lipinski definition) is 1. The Labute approximate surface area is 168 Å². The van der Waals surface area contributed by atoms with E-state index in [2.05, 4.69) is 10.3 Å². The highest BCUT2D eigenvalue weighted by molar-refractivity contribution is 5.76. The van der Waals surface area contributed by atoms with E-state index in [1.807, 2.05) is 49.3 Å². The van der Waals surface area contributed by atoms with Gasteiger partial charge in [-0.25, -0.2) is 13.8 Å². The van der Waals surface area contributed by atoms with Crippen molar-refractivity contribution in [2.45, 2.75) is 18.9 Å². The number of carbonyl (C=O) groups excluding carboxylic acids is 1. The number of aromatic nitrogens is 1. The van der Waals surface area contributed by atoms with Crippen LogP contribution in [0.2, 0.25) is 0 Å². The predicted octanol–water partition coefficient (Wildman–Crippen LogP) is 3.97. The quantitative estimate of drug-likeness (QED) is 0.623. The fraction of sp³-hybridized carbons (Fsp3) is 0.273. The highest BCUT2D eigenvalue weighted by Gasteiger charge is 2.17. The Morgan fingerprint density at radius 2 is 1.93 bits per heavy atom. The summed E-state index contributed by atoms with van der Waals surface area (Å²) in [6, 6.07) is 12.9. The standard InChI is InChI=1S/C22H23F2N3O2/c1-27(2)14-19(15-6-4-3-5-7-15)26-21(28)10-11-22-25-13-20(29-22)17-9-8-16(23)12-18(17)24/h3-9,12-13,19H,10-11,14H2,1-2H3,(H,26,28). The minimum atomic E-state index is -0.722. The Morgan fingerprint density at radius 3 is 2.62 bits per heavy atom. The van der Waals surface area contributed by atoms with Gasteiger partial charge in [-0.05, 0) is 31.8 Å². The summed E-state index contributed by atoms with van der Waals surface area (Å²) in [5, 5.41) is 3.04. The summed E-state index contributed by atoms with van der Waals surface area (Å²) in [5.41, 5.74) is 1.16. The number of rotatable bonds is 8. The van der Waals surface area contributed by atoms with Gasteiger partial charge in [0.1, 0.15) is 11.6 Å². The summed E-state index contributed by atoms with van der Waals surface area (Å²) in [6.07, 6.45) is 1.84. The van der Waals surface area contributed by atoms with Crippen LogP contribution in [0, 0.1) is 11.6 Å². The van der Waals surface area contributed by atoms with Gasteiger partial charge in [-0.3, -0.25) is 4.79 Å². The molecule has 152 valence electrons. The SMILES string of the molecule is CN(C)CC(NC(=O)CCc1ncc(-c2ccc(F)cc2F)o1)c1ccccc1. The molecule has 3 rings (SSSR count). The maximum Gasteiger partial charge on any atom is 0.221 e. The Kier molecular flexibility index (Phi) is 6.72. The van der Waals surface area contributed by atoms with E-state index in [4.69, 9.17) is 4.42 Å². The first kappa shape index (κ1) is 20.7. The summed E-state index contributed by atoms with van der Waals surface area (Å²) in [7, 11) is 3.90. The van der Waals surface area contributed by atoms with Crippen LogP contribution in [-0.4, -0.2) is 36.4 Å². The number of oxazole rings is 1. The van der Waals surface area contributed by atoms with Crippen molar-refractivity contribution in [2.75, 3.05) is 20.6 Å². The molecule has 2 aromatic carbocycles. The topological polar surface area (TPSA) is 58.4 Å². The van der Waals surface area contributed by atoms with E-state index in [9.17, 15) is 13.6 Å². The number of carbonyl (C=O) groups is 1. The Balaban J connectivity index is 1.61. The van der Waals surface area contributed by atoms with Crippen LogP contribution in [0.15, 0.2) is 59.1 Å². The Bertz CT molecular complexity index is 958. The molecule has 1 unspecified atom stereocenters. The zero-order valence-corrected chi connectivity index (χ0v) is 16.4. The summed E-state index contributed by atoms with van der Waals surface area (Å²) >= 11 is 0. The zero-order chi connectivity index (χ0) is 20.8. The Morgan fingerprint density at radius 1 is 1.17 bits per heavy atom. The summed E-state index contributed by atoms with van der Waals surface area (Å²) in [6.45, 7) is 0.669. The van der Waals surface area contributed by atoms with Gasteiger partial charge in [0.15, 0.2) is 11.7 Å². The minimum Gasteiger partial charge on any atom is -0.441 e. The van der Waals surface area contributed by atoms with Crippen LogP contribution in [-0.2, 0) is 11.2 Å². The van der Waals surface area contributed by atoms with Crippen molar-refractivity contribution >= 4 is 5.91 Å². The molecule has 0 fully saturated rings. The molecule has 1 aromatic heterocycles. The first-order valence-corrected chi connectivity index (χ1v) is 9.31. The van der Waals surface area contributed by atoms with Gasteiger partial charge in [0.05, 0.1) is 17.8 Å². The molecule has 5 nitrogen and oxygen atoms in total. The van der Waals surface area contributed by atoms with Gasteiger partial charge in [-0.1, -0.05) is 30.3 Å². The van der Waals surface area contributed by atoms with Crippen molar-refractivity contribution in [2.24, 2.45) is 0 Å². The van der Waals surface area contributed by atoms with Crippen LogP contribution in [0.3, 0.4) is 0 Å². The number of benzene rings is 2.